The molecule has 2 N–H and O–H groups in total. The number of methoxy groups -OCH3 is 1. The number of carbonyl (C=O) groups excluding carboxylic acids is 1. The summed E-state index contributed by atoms with van der Waals surface area (Å²) in [5, 5.41) is 11.7. The summed E-state index contributed by atoms with van der Waals surface area (Å²) in [4.78, 5) is 23.0. The Morgan fingerprint density at radius 1 is 1.30 bits per heavy atom. The molecule has 110 valence electrons. The quantitative estimate of drug-likeness (QED) is 0.755. The maximum atomic E-state index is 11.8. The van der Waals surface area contributed by atoms with Crippen molar-refractivity contribution in [1.82, 2.24) is 5.32 Å². The van der Waals surface area contributed by atoms with Gasteiger partial charge in [0.2, 0.25) is 5.91 Å². The van der Waals surface area contributed by atoms with Crippen molar-refractivity contribution < 1.29 is 19.4 Å². The molecule has 1 aromatic rings. The zero-order chi connectivity index (χ0) is 15.0. The van der Waals surface area contributed by atoms with Gasteiger partial charge in [-0.2, -0.15) is 0 Å². The van der Waals surface area contributed by atoms with Crippen LogP contribution in [0.5, 0.6) is 0 Å². The second-order valence-corrected chi connectivity index (χ2v) is 4.91. The summed E-state index contributed by atoms with van der Waals surface area (Å²) in [6.07, 6.45) is 0.535. The van der Waals surface area contributed by atoms with Gasteiger partial charge in [0.1, 0.15) is 6.04 Å². The van der Waals surface area contributed by atoms with Gasteiger partial charge in [-0.3, -0.25) is 4.79 Å². The highest BCUT2D eigenvalue weighted by molar-refractivity contribution is 5.83. The molecule has 0 spiro atoms. The van der Waals surface area contributed by atoms with Crippen molar-refractivity contribution in [3.63, 3.8) is 0 Å². The third-order valence-electron chi connectivity index (χ3n) is 2.90. The van der Waals surface area contributed by atoms with Crippen LogP contribution >= 0.6 is 0 Å². The van der Waals surface area contributed by atoms with E-state index in [1.54, 1.807) is 7.11 Å². The summed E-state index contributed by atoms with van der Waals surface area (Å²) in [6, 6.07) is 8.34. The molecule has 2 atom stereocenters. The second kappa shape index (κ2) is 8.32. The number of hydrogen-bond acceptors (Lipinski definition) is 3. The molecular formula is C15H21NO4. The SMILES string of the molecule is COCC(C)CC(=O)N[C@H](Cc1ccccc1)C(=O)O. The van der Waals surface area contributed by atoms with Gasteiger partial charge in [0.15, 0.2) is 0 Å². The average molecular weight is 279 g/mol. The van der Waals surface area contributed by atoms with Crippen LogP contribution in [0.15, 0.2) is 30.3 Å². The number of amides is 1. The molecule has 0 aliphatic heterocycles. The molecule has 1 aromatic carbocycles. The van der Waals surface area contributed by atoms with Gasteiger partial charge in [0.25, 0.3) is 0 Å². The molecule has 0 heterocycles. The van der Waals surface area contributed by atoms with Crippen molar-refractivity contribution in [3.8, 4) is 0 Å². The topological polar surface area (TPSA) is 75.6 Å². The van der Waals surface area contributed by atoms with E-state index in [0.29, 0.717) is 6.61 Å². The Kier molecular flexibility index (Phi) is 6.73. The number of ether oxygens (including phenoxy) is 1. The molecule has 1 unspecified atom stereocenters. The molecule has 1 rings (SSSR count). The summed E-state index contributed by atoms with van der Waals surface area (Å²) < 4.78 is 4.96. The van der Waals surface area contributed by atoms with Crippen LogP contribution in [0.4, 0.5) is 0 Å². The van der Waals surface area contributed by atoms with Gasteiger partial charge >= 0.3 is 5.97 Å². The molecule has 0 fully saturated rings. The van der Waals surface area contributed by atoms with Crippen molar-refractivity contribution in [2.24, 2.45) is 5.92 Å². The van der Waals surface area contributed by atoms with Gasteiger partial charge in [-0.15, -0.1) is 0 Å². The zero-order valence-corrected chi connectivity index (χ0v) is 11.8. The Bertz CT molecular complexity index is 433. The molecule has 0 aliphatic carbocycles. The zero-order valence-electron chi connectivity index (χ0n) is 11.8. The van der Waals surface area contributed by atoms with Crippen LogP contribution in [-0.4, -0.2) is 36.7 Å². The number of hydrogen-bond donors (Lipinski definition) is 2. The summed E-state index contributed by atoms with van der Waals surface area (Å²) in [6.45, 7) is 2.36. The van der Waals surface area contributed by atoms with Gasteiger partial charge in [0, 0.05) is 26.6 Å². The number of carboxylic acid groups (broad SMARTS) is 1. The largest absolute Gasteiger partial charge is 0.480 e. The summed E-state index contributed by atoms with van der Waals surface area (Å²) >= 11 is 0. The second-order valence-electron chi connectivity index (χ2n) is 4.91. The first-order valence-corrected chi connectivity index (χ1v) is 6.58. The molecule has 0 saturated heterocycles. The summed E-state index contributed by atoms with van der Waals surface area (Å²) in [7, 11) is 1.57. The first-order valence-electron chi connectivity index (χ1n) is 6.58. The molecule has 0 aromatic heterocycles. The van der Waals surface area contributed by atoms with Crippen LogP contribution in [-0.2, 0) is 20.7 Å². The lowest BCUT2D eigenvalue weighted by Crippen LogP contribution is -2.42. The highest BCUT2D eigenvalue weighted by Gasteiger charge is 2.21. The number of aliphatic carboxylic acids is 1. The molecule has 5 heteroatoms. The van der Waals surface area contributed by atoms with E-state index in [2.05, 4.69) is 5.32 Å². The van der Waals surface area contributed by atoms with Crippen LogP contribution < -0.4 is 5.32 Å². The Hall–Kier alpha value is -1.88. The number of carboxylic acids is 1. The minimum Gasteiger partial charge on any atom is -0.480 e. The standard InChI is InChI=1S/C15H21NO4/c1-11(10-20-2)8-14(17)16-13(15(18)19)9-12-6-4-3-5-7-12/h3-7,11,13H,8-10H2,1-2H3,(H,16,17)(H,18,19)/t11?,13-/m1/s1. The lowest BCUT2D eigenvalue weighted by atomic mass is 10.0. The number of nitrogens with one attached hydrogen (secondary N) is 1. The van der Waals surface area contributed by atoms with E-state index < -0.39 is 12.0 Å². The van der Waals surface area contributed by atoms with E-state index in [-0.39, 0.29) is 24.7 Å². The third kappa shape index (κ3) is 5.84. The summed E-state index contributed by atoms with van der Waals surface area (Å²) in [5.41, 5.74) is 0.880. The van der Waals surface area contributed by atoms with Crippen LogP contribution in [0.1, 0.15) is 18.9 Å². The smallest absolute Gasteiger partial charge is 0.326 e. The van der Waals surface area contributed by atoms with Gasteiger partial charge in [-0.25, -0.2) is 4.79 Å². The molecule has 1 amide bonds. The molecule has 0 bridgehead atoms. The van der Waals surface area contributed by atoms with E-state index in [0.717, 1.165) is 5.56 Å². The lowest BCUT2D eigenvalue weighted by molar-refractivity contribution is -0.142. The number of rotatable bonds is 8. The van der Waals surface area contributed by atoms with Crippen molar-refractivity contribution in [2.45, 2.75) is 25.8 Å². The van der Waals surface area contributed by atoms with Gasteiger partial charge in [-0.05, 0) is 11.5 Å². The predicted octanol–water partition coefficient (Wildman–Crippen LogP) is 1.47. The first kappa shape index (κ1) is 16.2. The van der Waals surface area contributed by atoms with E-state index in [4.69, 9.17) is 4.74 Å². The van der Waals surface area contributed by atoms with Gasteiger partial charge in [0.05, 0.1) is 0 Å². The maximum Gasteiger partial charge on any atom is 0.326 e. The fraction of sp³-hybridized carbons (Fsp3) is 0.467. The van der Waals surface area contributed by atoms with Crippen LogP contribution in [0.3, 0.4) is 0 Å². The summed E-state index contributed by atoms with van der Waals surface area (Å²) in [5.74, 6) is -1.23. The highest BCUT2D eigenvalue weighted by atomic mass is 16.5. The van der Waals surface area contributed by atoms with Crippen LogP contribution in [0, 0.1) is 5.92 Å². The minimum atomic E-state index is -1.03. The lowest BCUT2D eigenvalue weighted by Gasteiger charge is -2.16. The van der Waals surface area contributed by atoms with E-state index in [1.807, 2.05) is 37.3 Å². The van der Waals surface area contributed by atoms with Crippen molar-refractivity contribution in [1.29, 1.82) is 0 Å². The Morgan fingerprint density at radius 3 is 2.50 bits per heavy atom. The molecule has 0 saturated carbocycles. The number of carbonyl (C=O) groups is 2. The fourth-order valence-electron chi connectivity index (χ4n) is 1.96. The van der Waals surface area contributed by atoms with Gasteiger partial charge < -0.3 is 15.2 Å². The Morgan fingerprint density at radius 2 is 1.95 bits per heavy atom. The number of benzene rings is 1. The Balaban J connectivity index is 2.55. The molecule has 20 heavy (non-hydrogen) atoms. The van der Waals surface area contributed by atoms with Crippen LogP contribution in [0.2, 0.25) is 0 Å². The van der Waals surface area contributed by atoms with Gasteiger partial charge in [-0.1, -0.05) is 37.3 Å². The minimum absolute atomic E-state index is 0.0613. The molecule has 0 aliphatic rings. The van der Waals surface area contributed by atoms with Crippen LogP contribution in [0.25, 0.3) is 0 Å². The molecule has 0 radical (unpaired) electrons. The predicted molar refractivity (Wildman–Crippen MR) is 75.4 cm³/mol. The van der Waals surface area contributed by atoms with Crippen molar-refractivity contribution in [3.05, 3.63) is 35.9 Å². The molecular weight excluding hydrogens is 258 g/mol. The normalized spacial score (nSPS) is 13.5. The van der Waals surface area contributed by atoms with E-state index >= 15 is 0 Å². The van der Waals surface area contributed by atoms with Crippen molar-refractivity contribution >= 4 is 11.9 Å². The fourth-order valence-corrected chi connectivity index (χ4v) is 1.96. The average Bonchev–Trinajstić information content (AvgIpc) is 2.39. The van der Waals surface area contributed by atoms with E-state index in [1.165, 1.54) is 0 Å². The Labute approximate surface area is 118 Å². The monoisotopic (exact) mass is 279 g/mol. The highest BCUT2D eigenvalue weighted by Crippen LogP contribution is 2.06. The maximum absolute atomic E-state index is 11.8. The van der Waals surface area contributed by atoms with E-state index in [9.17, 15) is 14.7 Å². The third-order valence-corrected chi connectivity index (χ3v) is 2.90. The molecule has 5 nitrogen and oxygen atoms in total. The first-order chi connectivity index (χ1) is 9.52. The van der Waals surface area contributed by atoms with Crippen molar-refractivity contribution in [2.75, 3.05) is 13.7 Å².